The topological polar surface area (TPSA) is 54.5 Å². The van der Waals surface area contributed by atoms with E-state index < -0.39 is 9.84 Å². The zero-order chi connectivity index (χ0) is 16.8. The Labute approximate surface area is 146 Å². The van der Waals surface area contributed by atoms with Gasteiger partial charge in [0.1, 0.15) is 9.84 Å². The average molecular weight is 376 g/mol. The van der Waals surface area contributed by atoms with Crippen molar-refractivity contribution in [2.24, 2.45) is 5.92 Å². The highest BCUT2D eigenvalue weighted by atomic mass is 35.5. The van der Waals surface area contributed by atoms with Crippen LogP contribution in [0.15, 0.2) is 18.2 Å². The number of sulfone groups is 1. The van der Waals surface area contributed by atoms with E-state index in [1.807, 2.05) is 12.1 Å². The number of nitrogens with zero attached hydrogens (tertiary/aromatic N) is 1. The average Bonchev–Trinajstić information content (AvgIpc) is 3.29. The number of carbonyl (C=O) groups excluding carboxylic acids is 1. The van der Waals surface area contributed by atoms with Crippen LogP contribution >= 0.6 is 23.2 Å². The van der Waals surface area contributed by atoms with E-state index in [-0.39, 0.29) is 35.3 Å². The third-order valence-electron chi connectivity index (χ3n) is 4.90. The third kappa shape index (κ3) is 3.67. The van der Waals surface area contributed by atoms with E-state index in [0.29, 0.717) is 22.9 Å². The first-order valence-corrected chi connectivity index (χ1v) is 10.3. The maximum Gasteiger partial charge on any atom is 0.226 e. The van der Waals surface area contributed by atoms with E-state index in [4.69, 9.17) is 23.2 Å². The molecule has 4 nitrogen and oxygen atoms in total. The first-order valence-electron chi connectivity index (χ1n) is 7.70. The minimum atomic E-state index is -2.91. The van der Waals surface area contributed by atoms with Crippen LogP contribution in [0.5, 0.6) is 0 Å². The number of benzene rings is 1. The Morgan fingerprint density at radius 3 is 2.43 bits per heavy atom. The summed E-state index contributed by atoms with van der Waals surface area (Å²) in [4.78, 5) is 14.4. The van der Waals surface area contributed by atoms with Gasteiger partial charge in [0.2, 0.25) is 5.91 Å². The van der Waals surface area contributed by atoms with Crippen molar-refractivity contribution in [2.45, 2.75) is 31.2 Å². The van der Waals surface area contributed by atoms with Crippen LogP contribution in [-0.4, -0.2) is 43.8 Å². The molecular weight excluding hydrogens is 357 g/mol. The summed E-state index contributed by atoms with van der Waals surface area (Å²) < 4.78 is 23.0. The van der Waals surface area contributed by atoms with E-state index in [2.05, 4.69) is 0 Å². The molecule has 0 bridgehead atoms. The molecule has 0 aromatic heterocycles. The van der Waals surface area contributed by atoms with Crippen molar-refractivity contribution in [2.75, 3.05) is 18.6 Å². The Hall–Kier alpha value is -0.780. The van der Waals surface area contributed by atoms with Crippen molar-refractivity contribution in [1.29, 1.82) is 0 Å². The Morgan fingerprint density at radius 2 is 1.83 bits per heavy atom. The maximum atomic E-state index is 12.6. The zero-order valence-corrected chi connectivity index (χ0v) is 15.2. The molecule has 126 valence electrons. The van der Waals surface area contributed by atoms with Gasteiger partial charge >= 0.3 is 0 Å². The zero-order valence-electron chi connectivity index (χ0n) is 12.8. The summed E-state index contributed by atoms with van der Waals surface area (Å²) in [5.41, 5.74) is 1.04. The molecule has 1 heterocycles. The highest BCUT2D eigenvalue weighted by Gasteiger charge is 2.46. The van der Waals surface area contributed by atoms with Crippen molar-refractivity contribution >= 4 is 38.9 Å². The van der Waals surface area contributed by atoms with E-state index in [9.17, 15) is 13.2 Å². The molecule has 1 saturated carbocycles. The molecule has 1 amide bonds. The fourth-order valence-electron chi connectivity index (χ4n) is 3.29. The number of halogens is 2. The second-order valence-electron chi connectivity index (χ2n) is 6.45. The fraction of sp³-hybridized carbons (Fsp3) is 0.562. The molecule has 3 rings (SSSR count). The van der Waals surface area contributed by atoms with Crippen LogP contribution in [0.4, 0.5) is 0 Å². The lowest BCUT2D eigenvalue weighted by atomic mass is 10.1. The molecule has 0 radical (unpaired) electrons. The number of rotatable bonds is 3. The highest BCUT2D eigenvalue weighted by molar-refractivity contribution is 7.91. The Kier molecular flexibility index (Phi) is 4.64. The van der Waals surface area contributed by atoms with Gasteiger partial charge in [-0.2, -0.15) is 0 Å². The van der Waals surface area contributed by atoms with Crippen LogP contribution < -0.4 is 0 Å². The van der Waals surface area contributed by atoms with Gasteiger partial charge in [-0.15, -0.1) is 0 Å². The van der Waals surface area contributed by atoms with Crippen LogP contribution in [0, 0.1) is 5.92 Å². The fourth-order valence-corrected chi connectivity index (χ4v) is 5.06. The molecule has 1 saturated heterocycles. The second-order valence-corrected chi connectivity index (χ2v) is 9.57. The van der Waals surface area contributed by atoms with Gasteiger partial charge in [0.15, 0.2) is 0 Å². The molecule has 23 heavy (non-hydrogen) atoms. The van der Waals surface area contributed by atoms with E-state index in [1.165, 1.54) is 0 Å². The van der Waals surface area contributed by atoms with Crippen LogP contribution in [0.3, 0.4) is 0 Å². The minimum absolute atomic E-state index is 0.0288. The summed E-state index contributed by atoms with van der Waals surface area (Å²) in [7, 11) is -1.12. The Balaban J connectivity index is 1.62. The summed E-state index contributed by atoms with van der Waals surface area (Å²) in [5.74, 6) is 0.611. The highest BCUT2D eigenvalue weighted by Crippen LogP contribution is 2.49. The van der Waals surface area contributed by atoms with Crippen molar-refractivity contribution in [3.8, 4) is 0 Å². The van der Waals surface area contributed by atoms with Gasteiger partial charge in [0, 0.05) is 19.0 Å². The lowest BCUT2D eigenvalue weighted by molar-refractivity contribution is -0.133. The molecule has 2 aliphatic rings. The lowest BCUT2D eigenvalue weighted by Crippen LogP contribution is -2.43. The largest absolute Gasteiger partial charge is 0.342 e. The molecule has 2 atom stereocenters. The molecule has 1 aromatic rings. The predicted molar refractivity (Wildman–Crippen MR) is 91.8 cm³/mol. The molecule has 0 N–H and O–H groups in total. The molecule has 1 aliphatic carbocycles. The quantitative estimate of drug-likeness (QED) is 0.815. The van der Waals surface area contributed by atoms with Gasteiger partial charge in [-0.25, -0.2) is 8.42 Å². The van der Waals surface area contributed by atoms with Gasteiger partial charge in [-0.05, 0) is 42.9 Å². The van der Waals surface area contributed by atoms with Crippen LogP contribution in [0.1, 0.15) is 30.7 Å². The van der Waals surface area contributed by atoms with Gasteiger partial charge in [-0.3, -0.25) is 4.79 Å². The van der Waals surface area contributed by atoms with Crippen molar-refractivity contribution in [1.82, 2.24) is 4.90 Å². The van der Waals surface area contributed by atoms with Gasteiger partial charge in [-0.1, -0.05) is 29.3 Å². The van der Waals surface area contributed by atoms with Crippen molar-refractivity contribution in [3.63, 3.8) is 0 Å². The predicted octanol–water partition coefficient (Wildman–Crippen LogP) is 3.13. The normalized spacial score (nSPS) is 26.7. The molecule has 2 fully saturated rings. The minimum Gasteiger partial charge on any atom is -0.342 e. The number of carbonyl (C=O) groups is 1. The first kappa shape index (κ1) is 17.1. The van der Waals surface area contributed by atoms with Gasteiger partial charge in [0.05, 0.1) is 21.6 Å². The van der Waals surface area contributed by atoms with E-state index in [1.54, 1.807) is 18.0 Å². The SMILES string of the molecule is CN(C(=O)[C@@H]1C[C@@H]1c1ccc(Cl)c(Cl)c1)C1CCS(=O)(=O)CC1. The molecular formula is C16H19Cl2NO3S. The Bertz CT molecular complexity index is 721. The summed E-state index contributed by atoms with van der Waals surface area (Å²) in [6.45, 7) is 0. The van der Waals surface area contributed by atoms with Gasteiger partial charge < -0.3 is 4.90 Å². The number of hydrogen-bond donors (Lipinski definition) is 0. The van der Waals surface area contributed by atoms with Crippen LogP contribution in [0.2, 0.25) is 10.0 Å². The second kappa shape index (κ2) is 6.26. The lowest BCUT2D eigenvalue weighted by Gasteiger charge is -2.31. The van der Waals surface area contributed by atoms with E-state index >= 15 is 0 Å². The summed E-state index contributed by atoms with van der Waals surface area (Å²) in [6.07, 6.45) is 1.88. The van der Waals surface area contributed by atoms with Crippen LogP contribution in [0.25, 0.3) is 0 Å². The monoisotopic (exact) mass is 375 g/mol. The smallest absolute Gasteiger partial charge is 0.226 e. The molecule has 0 spiro atoms. The molecule has 7 heteroatoms. The summed E-state index contributed by atoms with van der Waals surface area (Å²) in [5, 5.41) is 1.02. The van der Waals surface area contributed by atoms with Crippen molar-refractivity contribution in [3.05, 3.63) is 33.8 Å². The number of amides is 1. The molecule has 1 aliphatic heterocycles. The Morgan fingerprint density at radius 1 is 1.17 bits per heavy atom. The standard InChI is InChI=1S/C16H19Cl2NO3S/c1-19(11-4-6-23(21,22)7-5-11)16(20)13-9-12(13)10-2-3-14(17)15(18)8-10/h2-3,8,11-13H,4-7,9H2,1H3/t12-,13-/m1/s1. The summed E-state index contributed by atoms with van der Waals surface area (Å²) in [6, 6.07) is 5.53. The first-order chi connectivity index (χ1) is 10.8. The maximum absolute atomic E-state index is 12.6. The molecule has 0 unspecified atom stereocenters. The number of hydrogen-bond acceptors (Lipinski definition) is 3. The third-order valence-corrected chi connectivity index (χ3v) is 7.35. The summed E-state index contributed by atoms with van der Waals surface area (Å²) >= 11 is 12.0. The van der Waals surface area contributed by atoms with Crippen molar-refractivity contribution < 1.29 is 13.2 Å². The van der Waals surface area contributed by atoms with E-state index in [0.717, 1.165) is 12.0 Å². The van der Waals surface area contributed by atoms with Crippen LogP contribution in [-0.2, 0) is 14.6 Å². The van der Waals surface area contributed by atoms with Gasteiger partial charge in [0.25, 0.3) is 0 Å². The molecule has 1 aromatic carbocycles.